The van der Waals surface area contributed by atoms with Gasteiger partial charge in [-0.2, -0.15) is 0 Å². The van der Waals surface area contributed by atoms with Crippen LogP contribution in [0.15, 0.2) is 77.7 Å². The minimum atomic E-state index is -3.84. The van der Waals surface area contributed by atoms with Gasteiger partial charge in [-0.1, -0.05) is 61.5 Å². The lowest BCUT2D eigenvalue weighted by molar-refractivity contribution is -0.120. The largest absolute Gasteiger partial charge is 0.348 e. The van der Waals surface area contributed by atoms with E-state index in [2.05, 4.69) is 12.2 Å². The van der Waals surface area contributed by atoms with Gasteiger partial charge >= 0.3 is 0 Å². The van der Waals surface area contributed by atoms with Gasteiger partial charge in [0.25, 0.3) is 10.0 Å². The van der Waals surface area contributed by atoms with Crippen molar-refractivity contribution in [1.29, 1.82) is 0 Å². The molecule has 0 unspecified atom stereocenters. The molecular formula is C24H24N2O3S. The summed E-state index contributed by atoms with van der Waals surface area (Å²) in [5.41, 5.74) is 4.13. The number of carbonyl (C=O) groups excluding carboxylic acids is 1. The van der Waals surface area contributed by atoms with Crippen molar-refractivity contribution in [3.05, 3.63) is 83.9 Å². The number of amides is 1. The first kappa shape index (κ1) is 20.2. The number of rotatable bonds is 5. The summed E-state index contributed by atoms with van der Waals surface area (Å²) in [6, 6.07) is 22.1. The zero-order valence-corrected chi connectivity index (χ0v) is 17.8. The van der Waals surface area contributed by atoms with E-state index in [4.69, 9.17) is 0 Å². The molecule has 0 bridgehead atoms. The van der Waals surface area contributed by atoms with Gasteiger partial charge in [0.2, 0.25) is 5.91 Å². The van der Waals surface area contributed by atoms with E-state index in [0.717, 1.165) is 23.1 Å². The highest BCUT2D eigenvalue weighted by molar-refractivity contribution is 7.93. The van der Waals surface area contributed by atoms with E-state index in [9.17, 15) is 13.2 Å². The van der Waals surface area contributed by atoms with Crippen LogP contribution in [0.25, 0.3) is 11.1 Å². The van der Waals surface area contributed by atoms with Crippen molar-refractivity contribution in [2.24, 2.45) is 0 Å². The van der Waals surface area contributed by atoms with E-state index in [1.165, 1.54) is 4.31 Å². The van der Waals surface area contributed by atoms with Crippen molar-refractivity contribution >= 4 is 21.6 Å². The second-order valence-electron chi connectivity index (χ2n) is 7.41. The van der Waals surface area contributed by atoms with Gasteiger partial charge in [0.05, 0.1) is 16.6 Å². The van der Waals surface area contributed by atoms with Gasteiger partial charge in [0.1, 0.15) is 6.54 Å². The Kier molecular flexibility index (Phi) is 5.35. The van der Waals surface area contributed by atoms with Gasteiger partial charge in [-0.15, -0.1) is 0 Å². The summed E-state index contributed by atoms with van der Waals surface area (Å²) in [5, 5.41) is 2.91. The Hall–Kier alpha value is -3.12. The van der Waals surface area contributed by atoms with Crippen molar-refractivity contribution in [3.8, 4) is 11.1 Å². The van der Waals surface area contributed by atoms with Crippen LogP contribution in [-0.2, 0) is 21.2 Å². The van der Waals surface area contributed by atoms with Crippen LogP contribution in [0.1, 0.15) is 31.0 Å². The monoisotopic (exact) mass is 420 g/mol. The molecule has 4 rings (SSSR count). The number of hydrogen-bond acceptors (Lipinski definition) is 3. The summed E-state index contributed by atoms with van der Waals surface area (Å²) in [6.07, 6.45) is 0.845. The molecule has 1 amide bonds. The van der Waals surface area contributed by atoms with Crippen molar-refractivity contribution < 1.29 is 13.2 Å². The highest BCUT2D eigenvalue weighted by Gasteiger charge is 2.36. The van der Waals surface area contributed by atoms with Crippen LogP contribution < -0.4 is 9.62 Å². The lowest BCUT2D eigenvalue weighted by atomic mass is 9.99. The maximum Gasteiger partial charge on any atom is 0.265 e. The molecule has 0 saturated heterocycles. The van der Waals surface area contributed by atoms with Gasteiger partial charge in [-0.25, -0.2) is 8.42 Å². The van der Waals surface area contributed by atoms with Crippen molar-refractivity contribution in [2.45, 2.75) is 31.2 Å². The maximum atomic E-state index is 13.4. The summed E-state index contributed by atoms with van der Waals surface area (Å²) < 4.78 is 27.9. The summed E-state index contributed by atoms with van der Waals surface area (Å²) in [4.78, 5) is 13.0. The average molecular weight is 421 g/mol. The van der Waals surface area contributed by atoms with E-state index >= 15 is 0 Å². The Morgan fingerprint density at radius 1 is 0.967 bits per heavy atom. The number of sulfonamides is 1. The standard InChI is InChI=1S/C24H24N2O3S/c1-3-18-13-14-22-21(15-18)20-11-7-8-12-23(20)30(28,29)26(22)16-24(27)25-17(2)19-9-5-4-6-10-19/h4-15,17H,3,16H2,1-2H3,(H,25,27)/t17-/m1/s1. The highest BCUT2D eigenvalue weighted by Crippen LogP contribution is 2.43. The number of nitrogens with zero attached hydrogens (tertiary/aromatic N) is 1. The molecule has 1 aliphatic heterocycles. The van der Waals surface area contributed by atoms with Crippen LogP contribution in [0, 0.1) is 0 Å². The first-order chi connectivity index (χ1) is 14.4. The number of aryl methyl sites for hydroxylation is 1. The van der Waals surface area contributed by atoms with Crippen LogP contribution in [0.5, 0.6) is 0 Å². The van der Waals surface area contributed by atoms with E-state index < -0.39 is 10.0 Å². The van der Waals surface area contributed by atoms with Gasteiger partial charge in [-0.05, 0) is 42.7 Å². The predicted molar refractivity (Wildman–Crippen MR) is 119 cm³/mol. The third kappa shape index (κ3) is 3.59. The molecule has 30 heavy (non-hydrogen) atoms. The quantitative estimate of drug-likeness (QED) is 0.669. The molecule has 0 radical (unpaired) electrons. The average Bonchev–Trinajstić information content (AvgIpc) is 2.77. The zero-order chi connectivity index (χ0) is 21.3. The van der Waals surface area contributed by atoms with Gasteiger partial charge in [0, 0.05) is 11.1 Å². The predicted octanol–water partition coefficient (Wildman–Crippen LogP) is 4.30. The van der Waals surface area contributed by atoms with Crippen LogP contribution in [0.4, 0.5) is 5.69 Å². The highest BCUT2D eigenvalue weighted by atomic mass is 32.2. The smallest absolute Gasteiger partial charge is 0.265 e. The molecule has 0 aromatic heterocycles. The molecular weight excluding hydrogens is 396 g/mol. The number of carbonyl (C=O) groups is 1. The molecule has 0 spiro atoms. The molecule has 0 saturated carbocycles. The van der Waals surface area contributed by atoms with E-state index in [1.807, 2.05) is 61.5 Å². The van der Waals surface area contributed by atoms with Gasteiger partial charge in [-0.3, -0.25) is 9.10 Å². The lowest BCUT2D eigenvalue weighted by Gasteiger charge is -2.32. The minimum absolute atomic E-state index is 0.222. The molecule has 1 heterocycles. The second-order valence-corrected chi connectivity index (χ2v) is 9.24. The van der Waals surface area contributed by atoms with E-state index in [1.54, 1.807) is 18.2 Å². The van der Waals surface area contributed by atoms with Crippen LogP contribution >= 0.6 is 0 Å². The lowest BCUT2D eigenvalue weighted by Crippen LogP contribution is -2.43. The Morgan fingerprint density at radius 3 is 2.40 bits per heavy atom. The molecule has 1 atom stereocenters. The van der Waals surface area contributed by atoms with E-state index in [-0.39, 0.29) is 23.4 Å². The molecule has 5 nitrogen and oxygen atoms in total. The van der Waals surface area contributed by atoms with Crippen molar-refractivity contribution in [1.82, 2.24) is 5.32 Å². The summed E-state index contributed by atoms with van der Waals surface area (Å²) in [6.45, 7) is 3.67. The Balaban J connectivity index is 1.69. The minimum Gasteiger partial charge on any atom is -0.348 e. The van der Waals surface area contributed by atoms with Gasteiger partial charge < -0.3 is 5.32 Å². The maximum absolute atomic E-state index is 13.4. The fourth-order valence-corrected chi connectivity index (χ4v) is 5.46. The third-order valence-corrected chi connectivity index (χ3v) is 7.27. The molecule has 0 aliphatic carbocycles. The fraction of sp³-hybridized carbons (Fsp3) is 0.208. The fourth-order valence-electron chi connectivity index (χ4n) is 3.81. The second kappa shape index (κ2) is 7.95. The SMILES string of the molecule is CCc1ccc2c(c1)-c1ccccc1S(=O)(=O)N2CC(=O)N[C@H](C)c1ccccc1. The topological polar surface area (TPSA) is 66.5 Å². The molecule has 154 valence electrons. The van der Waals surface area contributed by atoms with Crippen molar-refractivity contribution in [3.63, 3.8) is 0 Å². The summed E-state index contributed by atoms with van der Waals surface area (Å²) in [5.74, 6) is -0.347. The number of fused-ring (bicyclic) bond motifs is 3. The Bertz CT molecular complexity index is 1190. The van der Waals surface area contributed by atoms with E-state index in [0.29, 0.717) is 11.3 Å². The van der Waals surface area contributed by atoms with Crippen LogP contribution in [0.2, 0.25) is 0 Å². The number of benzene rings is 3. The number of anilines is 1. The first-order valence-corrected chi connectivity index (χ1v) is 11.4. The van der Waals surface area contributed by atoms with Crippen LogP contribution in [0.3, 0.4) is 0 Å². The Morgan fingerprint density at radius 2 is 1.67 bits per heavy atom. The first-order valence-electron chi connectivity index (χ1n) is 10.0. The van der Waals surface area contributed by atoms with Crippen molar-refractivity contribution in [2.75, 3.05) is 10.8 Å². The molecule has 3 aromatic carbocycles. The molecule has 1 aliphatic rings. The zero-order valence-electron chi connectivity index (χ0n) is 17.0. The number of hydrogen-bond donors (Lipinski definition) is 1. The molecule has 0 fully saturated rings. The summed E-state index contributed by atoms with van der Waals surface area (Å²) >= 11 is 0. The molecule has 1 N–H and O–H groups in total. The van der Waals surface area contributed by atoms with Crippen LogP contribution in [-0.4, -0.2) is 20.9 Å². The summed E-state index contributed by atoms with van der Waals surface area (Å²) in [7, 11) is -3.84. The molecule has 3 aromatic rings. The third-order valence-electron chi connectivity index (χ3n) is 5.45. The molecule has 6 heteroatoms. The number of nitrogens with one attached hydrogen (secondary N) is 1. The van der Waals surface area contributed by atoms with Gasteiger partial charge in [0.15, 0.2) is 0 Å². The Labute approximate surface area is 177 Å². The normalized spacial score (nSPS) is 15.1.